The van der Waals surface area contributed by atoms with Gasteiger partial charge in [-0.1, -0.05) is 0 Å². The molecule has 2 amide bonds. The number of ether oxygens (including phenoxy) is 1. The summed E-state index contributed by atoms with van der Waals surface area (Å²) in [7, 11) is 1.71. The van der Waals surface area contributed by atoms with Gasteiger partial charge in [0, 0.05) is 0 Å². The summed E-state index contributed by atoms with van der Waals surface area (Å²) in [6, 6.07) is 12.0. The van der Waals surface area contributed by atoms with Gasteiger partial charge in [-0.25, -0.2) is 10.3 Å². The maximum Gasteiger partial charge on any atom is 0.335 e. The first-order chi connectivity index (χ1) is 9.47. The summed E-state index contributed by atoms with van der Waals surface area (Å²) in [6.07, 6.45) is 0. The molecule has 0 saturated carbocycles. The monoisotopic (exact) mass is 300 g/mol. The Hall–Kier alpha value is -0.634. The van der Waals surface area contributed by atoms with Gasteiger partial charge in [-0.2, -0.15) is 0 Å². The van der Waals surface area contributed by atoms with Crippen LogP contribution >= 0.6 is 0 Å². The Balaban J connectivity index is 0.000000347. The summed E-state index contributed by atoms with van der Waals surface area (Å²) >= 11 is 0.854. The van der Waals surface area contributed by atoms with Crippen LogP contribution < -0.4 is 16.0 Å². The maximum absolute atomic E-state index is 9.23. The Morgan fingerprint density at radius 2 is 1.85 bits per heavy atom. The first kappa shape index (κ1) is 17.4. The molecular formula is C14H17KN2O3. The van der Waals surface area contributed by atoms with Crippen LogP contribution in [0.25, 0.3) is 10.8 Å². The second-order valence-electron chi connectivity index (χ2n) is 4.60. The van der Waals surface area contributed by atoms with Crippen LogP contribution in [0.2, 0.25) is 0 Å². The van der Waals surface area contributed by atoms with Crippen molar-refractivity contribution < 1.29 is 14.7 Å². The smallest absolute Gasteiger partial charge is 0.335 e. The molecule has 102 valence electrons. The molecule has 6 heteroatoms. The van der Waals surface area contributed by atoms with E-state index in [0.29, 0.717) is 0 Å². The van der Waals surface area contributed by atoms with Gasteiger partial charge < -0.3 is 5.73 Å². The fourth-order valence-electron chi connectivity index (χ4n) is 1.73. The number of hydrogen-bond acceptors (Lipinski definition) is 3. The molecule has 0 aliphatic carbocycles. The van der Waals surface area contributed by atoms with Crippen LogP contribution in [-0.2, 0) is 0 Å². The molecule has 0 heterocycles. The van der Waals surface area contributed by atoms with Crippen molar-refractivity contribution in [3.8, 4) is 5.75 Å². The number of urea groups is 1. The molecule has 2 rings (SSSR count). The minimum absolute atomic E-state index is 0.768. The predicted molar refractivity (Wildman–Crippen MR) is 79.2 cm³/mol. The quantitative estimate of drug-likeness (QED) is 0.451. The van der Waals surface area contributed by atoms with Gasteiger partial charge in [0.1, 0.15) is 0 Å². The third-order valence-electron chi connectivity index (χ3n) is 2.85. The number of nitrogens with two attached hydrogens (primary N) is 1. The van der Waals surface area contributed by atoms with Crippen LogP contribution in [0.15, 0.2) is 36.4 Å². The van der Waals surface area contributed by atoms with Gasteiger partial charge in [-0.05, 0) is 0 Å². The Morgan fingerprint density at radius 1 is 1.30 bits per heavy atom. The van der Waals surface area contributed by atoms with E-state index in [0.717, 1.165) is 54.7 Å². The second-order valence-corrected chi connectivity index (χ2v) is 7.31. The summed E-state index contributed by atoms with van der Waals surface area (Å²) in [6.45, 7) is 2.30. The number of amides is 2. The normalized spacial score (nSPS) is 11.2. The van der Waals surface area contributed by atoms with Gasteiger partial charge >= 0.3 is 132 Å². The van der Waals surface area contributed by atoms with Crippen molar-refractivity contribution in [3.63, 3.8) is 0 Å². The molecule has 5 nitrogen and oxygen atoms in total. The van der Waals surface area contributed by atoms with Crippen LogP contribution in [0.4, 0.5) is 4.79 Å². The standard InChI is InChI=1S/C13H13O.CH4N2O2.K/c1-3-10-4-5-12-9-13(14-2)7-6-11(12)8-10;2-1(4)3-5;/h3-9H,1-2H3;5H,(H3,2,3,4);. The van der Waals surface area contributed by atoms with Gasteiger partial charge in [0.05, 0.1) is 0 Å². The first-order valence-electron chi connectivity index (χ1n) is 6.25. The molecule has 0 spiro atoms. The molecule has 2 aromatic rings. The molecule has 0 fully saturated rings. The van der Waals surface area contributed by atoms with Crippen molar-refractivity contribution in [1.82, 2.24) is 5.48 Å². The first-order valence-corrected chi connectivity index (χ1v) is 8.05. The van der Waals surface area contributed by atoms with Gasteiger partial charge in [-0.15, -0.1) is 0 Å². The zero-order chi connectivity index (χ0) is 15.1. The van der Waals surface area contributed by atoms with E-state index in [1.165, 1.54) is 21.8 Å². The number of carbonyl (C=O) groups excluding carboxylic acids is 1. The van der Waals surface area contributed by atoms with Crippen LogP contribution in [0, 0.1) is 0 Å². The number of carbonyl (C=O) groups is 1. The van der Waals surface area contributed by atoms with Crippen molar-refractivity contribution in [2.75, 3.05) is 7.11 Å². The summed E-state index contributed by atoms with van der Waals surface area (Å²) in [5, 5.41) is 9.98. The van der Waals surface area contributed by atoms with Crippen LogP contribution in [0.5, 0.6) is 5.75 Å². The molecule has 1 atom stereocenters. The number of benzene rings is 2. The van der Waals surface area contributed by atoms with Gasteiger partial charge in [0.25, 0.3) is 0 Å². The summed E-state index contributed by atoms with van der Waals surface area (Å²) in [5.74, 6) is 0.928. The number of hydrogen-bond donors (Lipinski definition) is 3. The zero-order valence-electron chi connectivity index (χ0n) is 11.9. The van der Waals surface area contributed by atoms with Gasteiger partial charge in [0.15, 0.2) is 0 Å². The Morgan fingerprint density at radius 3 is 2.35 bits per heavy atom. The van der Waals surface area contributed by atoms with Crippen LogP contribution in [0.1, 0.15) is 12.5 Å². The fraction of sp³-hybridized carbons (Fsp3) is 0.214. The van der Waals surface area contributed by atoms with Crippen LogP contribution in [-0.4, -0.2) is 67.3 Å². The van der Waals surface area contributed by atoms with Crippen molar-refractivity contribution in [3.05, 3.63) is 42.0 Å². The molecule has 1 unspecified atom stereocenters. The summed E-state index contributed by atoms with van der Waals surface area (Å²) < 4.78 is 5.98. The van der Waals surface area contributed by atoms with Gasteiger partial charge in [0.2, 0.25) is 0 Å². The molecule has 0 bridgehead atoms. The molecule has 0 aliphatic rings. The molecule has 0 aromatic heterocycles. The zero-order valence-corrected chi connectivity index (χ0v) is 15.0. The van der Waals surface area contributed by atoms with E-state index in [1.54, 1.807) is 7.11 Å². The summed E-state index contributed by atoms with van der Waals surface area (Å²) in [5.41, 5.74) is 6.92. The van der Waals surface area contributed by atoms with E-state index in [1.807, 2.05) is 6.07 Å². The Labute approximate surface area is 152 Å². The van der Waals surface area contributed by atoms with E-state index < -0.39 is 6.03 Å². The summed E-state index contributed by atoms with van der Waals surface area (Å²) in [4.78, 5) is 9.23. The van der Waals surface area contributed by atoms with Crippen molar-refractivity contribution in [2.45, 2.75) is 6.94 Å². The third-order valence-corrected chi connectivity index (χ3v) is 3.89. The molecule has 0 radical (unpaired) electrons. The number of methoxy groups -OCH3 is 1. The maximum atomic E-state index is 9.23. The molecule has 4 N–H and O–H groups in total. The van der Waals surface area contributed by atoms with Crippen LogP contribution in [0.3, 0.4) is 0 Å². The molecule has 20 heavy (non-hydrogen) atoms. The average molecular weight is 300 g/mol. The predicted octanol–water partition coefficient (Wildman–Crippen LogP) is 2.12. The van der Waals surface area contributed by atoms with Crippen molar-refractivity contribution in [2.24, 2.45) is 5.73 Å². The van der Waals surface area contributed by atoms with E-state index in [9.17, 15) is 4.79 Å². The minimum atomic E-state index is -0.940. The topological polar surface area (TPSA) is 84.6 Å². The molecule has 0 aliphatic heterocycles. The third kappa shape index (κ3) is 5.39. The number of rotatable bonds is 2. The molecular weight excluding hydrogens is 283 g/mol. The fourth-order valence-corrected chi connectivity index (χ4v) is 2.29. The molecule has 0 saturated heterocycles. The van der Waals surface area contributed by atoms with Crippen molar-refractivity contribution in [1.29, 1.82) is 0 Å². The van der Waals surface area contributed by atoms with E-state index in [2.05, 4.69) is 43.0 Å². The second kappa shape index (κ2) is 8.61. The SMILES string of the molecule is COc1ccc2cc([CH](C)[K])ccc2c1.NC(=O)NO. The van der Waals surface area contributed by atoms with E-state index in [4.69, 9.17) is 9.94 Å². The molecule has 2 aromatic carbocycles. The largest absolute Gasteiger partial charge is 0.350 e. The number of primary amides is 1. The number of nitrogens with one attached hydrogen (secondary N) is 1. The van der Waals surface area contributed by atoms with Gasteiger partial charge in [-0.3, -0.25) is 5.21 Å². The number of hydroxylamine groups is 1. The Bertz CT molecular complexity index is 588. The average Bonchev–Trinajstić information content (AvgIpc) is 2.46. The minimum Gasteiger partial charge on any atom is -0.350 e. The van der Waals surface area contributed by atoms with E-state index in [-0.39, 0.29) is 0 Å². The van der Waals surface area contributed by atoms with Crippen molar-refractivity contribution >= 4 is 65.8 Å². The van der Waals surface area contributed by atoms with E-state index >= 15 is 0 Å². The Kier molecular flexibility index (Phi) is 7.50. The number of fused-ring (bicyclic) bond motifs is 1.